The Hall–Kier alpha value is -1.84. The van der Waals surface area contributed by atoms with Crippen LogP contribution in [0, 0.1) is 0 Å². The smallest absolute Gasteiger partial charge is 0.234 e. The molecular formula is C19H27N5O3S. The third-order valence-corrected chi connectivity index (χ3v) is 6.96. The summed E-state index contributed by atoms with van der Waals surface area (Å²) in [5, 5.41) is 8.49. The van der Waals surface area contributed by atoms with Crippen molar-refractivity contribution in [2.75, 3.05) is 25.9 Å². The summed E-state index contributed by atoms with van der Waals surface area (Å²) in [6.07, 6.45) is 7.56. The molecule has 2 fully saturated rings. The van der Waals surface area contributed by atoms with Gasteiger partial charge in [-0.05, 0) is 50.9 Å². The van der Waals surface area contributed by atoms with Crippen LogP contribution in [0.1, 0.15) is 61.5 Å². The van der Waals surface area contributed by atoms with E-state index < -0.39 is 10.0 Å². The van der Waals surface area contributed by atoms with E-state index in [1.807, 2.05) is 24.4 Å². The van der Waals surface area contributed by atoms with Gasteiger partial charge in [0.05, 0.1) is 11.9 Å². The van der Waals surface area contributed by atoms with Crippen molar-refractivity contribution in [3.8, 4) is 0 Å². The lowest BCUT2D eigenvalue weighted by atomic mass is 9.97. The highest BCUT2D eigenvalue weighted by Crippen LogP contribution is 2.34. The summed E-state index contributed by atoms with van der Waals surface area (Å²) in [7, 11) is -3.28. The van der Waals surface area contributed by atoms with E-state index in [9.17, 15) is 8.42 Å². The Morgan fingerprint density at radius 1 is 1.07 bits per heavy atom. The van der Waals surface area contributed by atoms with Crippen LogP contribution in [0.25, 0.3) is 0 Å². The maximum absolute atomic E-state index is 12.1. The van der Waals surface area contributed by atoms with Gasteiger partial charge in [-0.25, -0.2) is 8.42 Å². The van der Waals surface area contributed by atoms with Gasteiger partial charge in [0.25, 0.3) is 0 Å². The number of nitrogens with zero attached hydrogens (tertiary/aromatic N) is 5. The Morgan fingerprint density at radius 2 is 1.86 bits per heavy atom. The number of hydrogen-bond donors (Lipinski definition) is 0. The molecule has 2 aromatic rings. The van der Waals surface area contributed by atoms with E-state index in [4.69, 9.17) is 4.42 Å². The SMILES string of the molecule is CS(=O)(=O)N1CCCC[C@H]1c1nnc(C2CCN(Cc3ccccn3)CC2)o1. The van der Waals surface area contributed by atoms with Crippen molar-refractivity contribution in [1.82, 2.24) is 24.4 Å². The minimum Gasteiger partial charge on any atom is -0.423 e. The van der Waals surface area contributed by atoms with Gasteiger partial charge in [-0.15, -0.1) is 10.2 Å². The molecule has 0 N–H and O–H groups in total. The van der Waals surface area contributed by atoms with Crippen LogP contribution in [-0.4, -0.2) is 58.7 Å². The molecule has 0 unspecified atom stereocenters. The molecule has 8 nitrogen and oxygen atoms in total. The van der Waals surface area contributed by atoms with Crippen LogP contribution >= 0.6 is 0 Å². The normalized spacial score (nSPS) is 23.1. The van der Waals surface area contributed by atoms with Crippen LogP contribution in [0.2, 0.25) is 0 Å². The Labute approximate surface area is 166 Å². The minimum atomic E-state index is -3.28. The molecule has 0 bridgehead atoms. The van der Waals surface area contributed by atoms with Gasteiger partial charge in [0.2, 0.25) is 21.8 Å². The summed E-state index contributed by atoms with van der Waals surface area (Å²) < 4.78 is 31.7. The van der Waals surface area contributed by atoms with Crippen LogP contribution < -0.4 is 0 Å². The zero-order chi connectivity index (χ0) is 19.6. The monoisotopic (exact) mass is 405 g/mol. The standard InChI is InChI=1S/C19H27N5O3S/c1-28(25,26)24-11-5-3-7-17(24)19-22-21-18(27-19)15-8-12-23(13-9-15)14-16-6-2-4-10-20-16/h2,4,6,10,15,17H,3,5,7-9,11-14H2,1H3/t17-/m0/s1. The molecule has 28 heavy (non-hydrogen) atoms. The summed E-state index contributed by atoms with van der Waals surface area (Å²) >= 11 is 0. The van der Waals surface area contributed by atoms with Crippen LogP contribution in [0.15, 0.2) is 28.8 Å². The average molecular weight is 406 g/mol. The molecule has 0 saturated carbocycles. The van der Waals surface area contributed by atoms with Crippen molar-refractivity contribution in [1.29, 1.82) is 0 Å². The van der Waals surface area contributed by atoms with Gasteiger partial charge < -0.3 is 4.42 Å². The average Bonchev–Trinajstić information content (AvgIpc) is 3.19. The van der Waals surface area contributed by atoms with Gasteiger partial charge >= 0.3 is 0 Å². The number of pyridine rings is 1. The maximum atomic E-state index is 12.1. The first-order valence-corrected chi connectivity index (χ1v) is 11.8. The van der Waals surface area contributed by atoms with Gasteiger partial charge in [-0.1, -0.05) is 12.5 Å². The molecule has 2 aromatic heterocycles. The van der Waals surface area contributed by atoms with E-state index >= 15 is 0 Å². The Balaban J connectivity index is 1.38. The fourth-order valence-corrected chi connectivity index (χ4v) is 5.27. The second kappa shape index (κ2) is 8.26. The lowest BCUT2D eigenvalue weighted by Gasteiger charge is -2.31. The molecule has 152 valence electrons. The molecule has 2 aliphatic heterocycles. The van der Waals surface area contributed by atoms with E-state index in [-0.39, 0.29) is 12.0 Å². The number of rotatable bonds is 5. The summed E-state index contributed by atoms with van der Waals surface area (Å²) in [6.45, 7) is 3.29. The molecule has 2 saturated heterocycles. The maximum Gasteiger partial charge on any atom is 0.234 e. The highest BCUT2D eigenvalue weighted by atomic mass is 32.2. The second-order valence-electron chi connectivity index (χ2n) is 7.74. The lowest BCUT2D eigenvalue weighted by molar-refractivity contribution is 0.182. The number of aromatic nitrogens is 3. The van der Waals surface area contributed by atoms with Crippen molar-refractivity contribution in [3.05, 3.63) is 41.9 Å². The molecule has 0 spiro atoms. The molecule has 4 rings (SSSR count). The third kappa shape index (κ3) is 4.42. The van der Waals surface area contributed by atoms with Gasteiger partial charge in [-0.3, -0.25) is 9.88 Å². The predicted molar refractivity (Wildman–Crippen MR) is 104 cm³/mol. The van der Waals surface area contributed by atoms with E-state index in [1.165, 1.54) is 10.6 Å². The van der Waals surface area contributed by atoms with Crippen LogP contribution in [-0.2, 0) is 16.6 Å². The molecular weight excluding hydrogens is 378 g/mol. The topological polar surface area (TPSA) is 92.4 Å². The Bertz CT molecular complexity index is 878. The quantitative estimate of drug-likeness (QED) is 0.754. The number of hydrogen-bond acceptors (Lipinski definition) is 7. The van der Waals surface area contributed by atoms with E-state index in [1.54, 1.807) is 0 Å². The number of piperidine rings is 2. The van der Waals surface area contributed by atoms with Gasteiger partial charge in [0, 0.05) is 25.2 Å². The van der Waals surface area contributed by atoms with Gasteiger partial charge in [-0.2, -0.15) is 4.31 Å². The van der Waals surface area contributed by atoms with E-state index in [0.29, 0.717) is 18.3 Å². The van der Waals surface area contributed by atoms with Crippen molar-refractivity contribution in [2.24, 2.45) is 0 Å². The molecule has 0 radical (unpaired) electrons. The minimum absolute atomic E-state index is 0.233. The zero-order valence-electron chi connectivity index (χ0n) is 16.2. The van der Waals surface area contributed by atoms with E-state index in [2.05, 4.69) is 20.1 Å². The highest BCUT2D eigenvalue weighted by Gasteiger charge is 2.35. The Morgan fingerprint density at radius 3 is 2.57 bits per heavy atom. The highest BCUT2D eigenvalue weighted by molar-refractivity contribution is 7.88. The summed E-state index contributed by atoms with van der Waals surface area (Å²) in [6, 6.07) is 5.67. The first-order chi connectivity index (χ1) is 13.5. The summed E-state index contributed by atoms with van der Waals surface area (Å²) in [4.78, 5) is 6.79. The van der Waals surface area contributed by atoms with Crippen molar-refractivity contribution >= 4 is 10.0 Å². The fourth-order valence-electron chi connectivity index (χ4n) is 4.15. The Kier molecular flexibility index (Phi) is 5.75. The van der Waals surface area contributed by atoms with E-state index in [0.717, 1.165) is 57.4 Å². The van der Waals surface area contributed by atoms with Crippen LogP contribution in [0.5, 0.6) is 0 Å². The molecule has 4 heterocycles. The lowest BCUT2D eigenvalue weighted by Crippen LogP contribution is -2.37. The third-order valence-electron chi connectivity index (χ3n) is 5.67. The fraction of sp³-hybridized carbons (Fsp3) is 0.632. The van der Waals surface area contributed by atoms with Crippen LogP contribution in [0.4, 0.5) is 0 Å². The van der Waals surface area contributed by atoms with Crippen molar-refractivity contribution in [3.63, 3.8) is 0 Å². The van der Waals surface area contributed by atoms with Gasteiger partial charge in [0.15, 0.2) is 0 Å². The number of sulfonamides is 1. The van der Waals surface area contributed by atoms with Gasteiger partial charge in [0.1, 0.15) is 6.04 Å². The van der Waals surface area contributed by atoms with Crippen molar-refractivity contribution < 1.29 is 12.8 Å². The molecule has 9 heteroatoms. The first kappa shape index (κ1) is 19.5. The molecule has 0 amide bonds. The van der Waals surface area contributed by atoms with Crippen molar-refractivity contribution in [2.45, 2.75) is 50.6 Å². The zero-order valence-corrected chi connectivity index (χ0v) is 17.0. The summed E-state index contributed by atoms with van der Waals surface area (Å²) in [5.41, 5.74) is 1.08. The number of likely N-dealkylation sites (tertiary alicyclic amines) is 1. The second-order valence-corrected chi connectivity index (χ2v) is 9.67. The largest absolute Gasteiger partial charge is 0.423 e. The van der Waals surface area contributed by atoms with Crippen LogP contribution in [0.3, 0.4) is 0 Å². The molecule has 0 aliphatic carbocycles. The predicted octanol–water partition coefficient (Wildman–Crippen LogP) is 2.33. The first-order valence-electron chi connectivity index (χ1n) is 9.93. The summed E-state index contributed by atoms with van der Waals surface area (Å²) in [5.74, 6) is 1.32. The molecule has 1 atom stereocenters. The molecule has 0 aromatic carbocycles. The molecule has 2 aliphatic rings.